The highest BCUT2D eigenvalue weighted by Crippen LogP contribution is 2.22. The van der Waals surface area contributed by atoms with Crippen molar-refractivity contribution in [3.63, 3.8) is 0 Å². The van der Waals surface area contributed by atoms with Crippen molar-refractivity contribution in [2.24, 2.45) is 0 Å². The SMILES string of the molecule is CCOC(=O)c1ccccc1OCc1ccccc1Cl. The molecule has 2 aromatic carbocycles. The highest BCUT2D eigenvalue weighted by atomic mass is 35.5. The van der Waals surface area contributed by atoms with Gasteiger partial charge in [-0.2, -0.15) is 0 Å². The monoisotopic (exact) mass is 290 g/mol. The van der Waals surface area contributed by atoms with E-state index in [1.807, 2.05) is 24.3 Å². The second-order valence-corrected chi connectivity index (χ2v) is 4.50. The maximum absolute atomic E-state index is 11.8. The van der Waals surface area contributed by atoms with Gasteiger partial charge in [0.05, 0.1) is 6.61 Å². The predicted octanol–water partition coefficient (Wildman–Crippen LogP) is 4.10. The maximum Gasteiger partial charge on any atom is 0.341 e. The molecule has 0 radical (unpaired) electrons. The van der Waals surface area contributed by atoms with Gasteiger partial charge in [0.15, 0.2) is 0 Å². The molecule has 0 unspecified atom stereocenters. The van der Waals surface area contributed by atoms with Gasteiger partial charge in [0.25, 0.3) is 0 Å². The molecule has 2 aromatic rings. The van der Waals surface area contributed by atoms with E-state index in [4.69, 9.17) is 21.1 Å². The first-order valence-electron chi connectivity index (χ1n) is 6.34. The summed E-state index contributed by atoms with van der Waals surface area (Å²) in [4.78, 5) is 11.8. The molecule has 104 valence electrons. The van der Waals surface area contributed by atoms with Crippen molar-refractivity contribution in [1.82, 2.24) is 0 Å². The average molecular weight is 291 g/mol. The predicted molar refractivity (Wildman–Crippen MR) is 78.2 cm³/mol. The fraction of sp³-hybridized carbons (Fsp3) is 0.188. The molecule has 2 rings (SSSR count). The molecule has 20 heavy (non-hydrogen) atoms. The van der Waals surface area contributed by atoms with Crippen LogP contribution < -0.4 is 4.74 Å². The van der Waals surface area contributed by atoms with Crippen molar-refractivity contribution in [2.45, 2.75) is 13.5 Å². The van der Waals surface area contributed by atoms with Crippen molar-refractivity contribution in [1.29, 1.82) is 0 Å². The number of ether oxygens (including phenoxy) is 2. The Morgan fingerprint density at radius 2 is 1.80 bits per heavy atom. The van der Waals surface area contributed by atoms with Crippen molar-refractivity contribution >= 4 is 17.6 Å². The van der Waals surface area contributed by atoms with E-state index in [0.717, 1.165) is 5.56 Å². The molecule has 0 amide bonds. The van der Waals surface area contributed by atoms with Crippen LogP contribution in [0.4, 0.5) is 0 Å². The third-order valence-electron chi connectivity index (χ3n) is 2.72. The summed E-state index contributed by atoms with van der Waals surface area (Å²) >= 11 is 6.07. The number of carbonyl (C=O) groups excluding carboxylic acids is 1. The van der Waals surface area contributed by atoms with E-state index in [1.54, 1.807) is 31.2 Å². The first-order chi connectivity index (χ1) is 9.72. The Kier molecular flexibility index (Phi) is 5.02. The maximum atomic E-state index is 11.8. The van der Waals surface area contributed by atoms with Gasteiger partial charge in [-0.1, -0.05) is 41.9 Å². The fourth-order valence-corrected chi connectivity index (χ4v) is 1.93. The quantitative estimate of drug-likeness (QED) is 0.778. The molecule has 0 saturated carbocycles. The second kappa shape index (κ2) is 6.96. The summed E-state index contributed by atoms with van der Waals surface area (Å²) in [6.07, 6.45) is 0. The fourth-order valence-electron chi connectivity index (χ4n) is 1.74. The summed E-state index contributed by atoms with van der Waals surface area (Å²) in [6.45, 7) is 2.40. The van der Waals surface area contributed by atoms with Crippen molar-refractivity contribution in [3.8, 4) is 5.75 Å². The van der Waals surface area contributed by atoms with Crippen LogP contribution >= 0.6 is 11.6 Å². The Hall–Kier alpha value is -2.00. The zero-order valence-corrected chi connectivity index (χ0v) is 11.9. The van der Waals surface area contributed by atoms with Crippen LogP contribution in [0.1, 0.15) is 22.8 Å². The van der Waals surface area contributed by atoms with E-state index in [-0.39, 0.29) is 5.97 Å². The number of rotatable bonds is 5. The van der Waals surface area contributed by atoms with Gasteiger partial charge in [0.2, 0.25) is 0 Å². The van der Waals surface area contributed by atoms with E-state index >= 15 is 0 Å². The van der Waals surface area contributed by atoms with E-state index in [9.17, 15) is 4.79 Å². The molecule has 0 aliphatic carbocycles. The summed E-state index contributed by atoms with van der Waals surface area (Å²) in [6, 6.07) is 14.4. The van der Waals surface area contributed by atoms with Gasteiger partial charge >= 0.3 is 5.97 Å². The van der Waals surface area contributed by atoms with Crippen LogP contribution in [0.15, 0.2) is 48.5 Å². The molecule has 0 bridgehead atoms. The molecule has 0 saturated heterocycles. The summed E-state index contributed by atoms with van der Waals surface area (Å²) in [5.41, 5.74) is 1.29. The molecule has 0 fully saturated rings. The van der Waals surface area contributed by atoms with Crippen LogP contribution in [0.3, 0.4) is 0 Å². The molecule has 0 heterocycles. The Morgan fingerprint density at radius 3 is 2.55 bits per heavy atom. The Labute approximate surface area is 123 Å². The standard InChI is InChI=1S/C16H15ClO3/c1-2-19-16(18)13-8-4-6-10-15(13)20-11-12-7-3-5-9-14(12)17/h3-10H,2,11H2,1H3. The summed E-state index contributed by atoms with van der Waals surface area (Å²) in [7, 11) is 0. The van der Waals surface area contributed by atoms with Crippen LogP contribution in [-0.2, 0) is 11.3 Å². The lowest BCUT2D eigenvalue weighted by molar-refractivity contribution is 0.0521. The minimum absolute atomic E-state index is 0.302. The number of halogens is 1. The van der Waals surface area contributed by atoms with Crippen LogP contribution in [0.2, 0.25) is 5.02 Å². The number of hydrogen-bond donors (Lipinski definition) is 0. The van der Waals surface area contributed by atoms with E-state index in [1.165, 1.54) is 0 Å². The number of para-hydroxylation sites is 1. The Bertz CT molecular complexity index is 596. The first kappa shape index (κ1) is 14.4. The zero-order chi connectivity index (χ0) is 14.4. The molecule has 0 aromatic heterocycles. The Balaban J connectivity index is 2.14. The minimum atomic E-state index is -0.387. The van der Waals surface area contributed by atoms with E-state index in [2.05, 4.69) is 0 Å². The number of esters is 1. The van der Waals surface area contributed by atoms with Crippen LogP contribution in [0, 0.1) is 0 Å². The smallest absolute Gasteiger partial charge is 0.341 e. The number of hydrogen-bond acceptors (Lipinski definition) is 3. The van der Waals surface area contributed by atoms with Gasteiger partial charge in [-0.15, -0.1) is 0 Å². The highest BCUT2D eigenvalue weighted by Gasteiger charge is 2.13. The highest BCUT2D eigenvalue weighted by molar-refractivity contribution is 6.31. The molecule has 4 heteroatoms. The molecular formula is C16H15ClO3. The van der Waals surface area contributed by atoms with E-state index < -0.39 is 0 Å². The molecular weight excluding hydrogens is 276 g/mol. The molecule has 3 nitrogen and oxygen atoms in total. The van der Waals surface area contributed by atoms with Crippen molar-refractivity contribution in [2.75, 3.05) is 6.61 Å². The average Bonchev–Trinajstić information content (AvgIpc) is 2.47. The van der Waals surface area contributed by atoms with E-state index in [0.29, 0.717) is 29.5 Å². The van der Waals surface area contributed by atoms with Crippen molar-refractivity contribution in [3.05, 3.63) is 64.7 Å². The minimum Gasteiger partial charge on any atom is -0.488 e. The summed E-state index contributed by atoms with van der Waals surface area (Å²) in [5.74, 6) is 0.105. The normalized spacial score (nSPS) is 10.1. The van der Waals surface area contributed by atoms with Gasteiger partial charge in [0, 0.05) is 10.6 Å². The molecule has 0 aliphatic heterocycles. The zero-order valence-electron chi connectivity index (χ0n) is 11.1. The third-order valence-corrected chi connectivity index (χ3v) is 3.09. The van der Waals surface area contributed by atoms with Crippen LogP contribution in [-0.4, -0.2) is 12.6 Å². The lowest BCUT2D eigenvalue weighted by Gasteiger charge is -2.11. The molecule has 0 aliphatic rings. The molecule has 0 N–H and O–H groups in total. The largest absolute Gasteiger partial charge is 0.488 e. The summed E-state index contributed by atoms with van der Waals surface area (Å²) in [5, 5.41) is 0.640. The topological polar surface area (TPSA) is 35.5 Å². The van der Waals surface area contributed by atoms with Crippen molar-refractivity contribution < 1.29 is 14.3 Å². The molecule has 0 spiro atoms. The van der Waals surface area contributed by atoms with Gasteiger partial charge < -0.3 is 9.47 Å². The molecule has 0 atom stereocenters. The first-order valence-corrected chi connectivity index (χ1v) is 6.72. The third kappa shape index (κ3) is 3.52. The Morgan fingerprint density at radius 1 is 1.10 bits per heavy atom. The van der Waals surface area contributed by atoms with Crippen LogP contribution in [0.5, 0.6) is 5.75 Å². The van der Waals surface area contributed by atoms with Gasteiger partial charge in [-0.3, -0.25) is 0 Å². The van der Waals surface area contributed by atoms with Gasteiger partial charge in [-0.25, -0.2) is 4.79 Å². The van der Waals surface area contributed by atoms with Gasteiger partial charge in [0.1, 0.15) is 17.9 Å². The summed E-state index contributed by atoms with van der Waals surface area (Å²) < 4.78 is 10.7. The number of benzene rings is 2. The number of carbonyl (C=O) groups is 1. The van der Waals surface area contributed by atoms with Gasteiger partial charge in [-0.05, 0) is 25.1 Å². The lowest BCUT2D eigenvalue weighted by Crippen LogP contribution is -2.07. The second-order valence-electron chi connectivity index (χ2n) is 4.10. The lowest BCUT2D eigenvalue weighted by atomic mass is 10.2. The van der Waals surface area contributed by atoms with Crippen LogP contribution in [0.25, 0.3) is 0 Å².